The monoisotopic (exact) mass is 365 g/mol. The summed E-state index contributed by atoms with van der Waals surface area (Å²) in [4.78, 5) is 12.2. The normalized spacial score (nSPS) is 15.5. The highest BCUT2D eigenvalue weighted by atomic mass is 32.2. The van der Waals surface area contributed by atoms with Gasteiger partial charge in [0, 0.05) is 31.9 Å². The third-order valence-electron chi connectivity index (χ3n) is 4.29. The van der Waals surface area contributed by atoms with Crippen LogP contribution < -0.4 is 14.9 Å². The number of nitrogens with zero attached hydrogens (tertiary/aromatic N) is 4. The molecule has 0 unspecified atom stereocenters. The summed E-state index contributed by atoms with van der Waals surface area (Å²) >= 11 is 0. The van der Waals surface area contributed by atoms with Gasteiger partial charge in [0.25, 0.3) is 0 Å². The van der Waals surface area contributed by atoms with Crippen molar-refractivity contribution in [1.82, 2.24) is 9.97 Å². The molecule has 2 heterocycles. The third kappa shape index (κ3) is 3.72. The average molecular weight is 365 g/mol. The van der Waals surface area contributed by atoms with Crippen molar-refractivity contribution >= 4 is 21.5 Å². The van der Waals surface area contributed by atoms with Gasteiger partial charge in [-0.15, -0.1) is 0 Å². The Bertz CT molecular complexity index is 849. The number of aromatic nitrogens is 2. The fourth-order valence-corrected chi connectivity index (χ4v) is 3.40. The Morgan fingerprint density at radius 2 is 1.68 bits per heavy atom. The van der Waals surface area contributed by atoms with Crippen LogP contribution in [0.1, 0.15) is 12.6 Å². The Labute approximate surface area is 146 Å². The number of piperazine rings is 1. The number of aryl methyl sites for hydroxylation is 1. The van der Waals surface area contributed by atoms with Crippen LogP contribution in [0.25, 0.3) is 0 Å². The lowest BCUT2D eigenvalue weighted by Crippen LogP contribution is -2.47. The second-order valence-electron chi connectivity index (χ2n) is 5.82. The maximum absolute atomic E-state index is 14.4. The third-order valence-corrected chi connectivity index (χ3v) is 5.22. The molecule has 0 radical (unpaired) electrons. The number of primary sulfonamides is 1. The fraction of sp³-hybridized carbons (Fsp3) is 0.375. The Morgan fingerprint density at radius 3 is 2.24 bits per heavy atom. The number of rotatable bonds is 4. The standard InChI is InChI=1S/C16H20FN5O2S/c1-2-14-15(17)16(20-11-19-14)22-9-7-21(8-10-22)12-3-5-13(6-4-12)25(18,23)24/h3-6,11H,2,7-10H2,1H3,(H2,18,23,24). The molecule has 1 aliphatic heterocycles. The van der Waals surface area contributed by atoms with Crippen molar-refractivity contribution in [1.29, 1.82) is 0 Å². The van der Waals surface area contributed by atoms with Gasteiger partial charge in [0.05, 0.1) is 10.6 Å². The highest BCUT2D eigenvalue weighted by Crippen LogP contribution is 2.23. The smallest absolute Gasteiger partial charge is 0.238 e. The number of sulfonamides is 1. The van der Waals surface area contributed by atoms with Crippen LogP contribution in [0.15, 0.2) is 35.5 Å². The van der Waals surface area contributed by atoms with E-state index in [4.69, 9.17) is 5.14 Å². The van der Waals surface area contributed by atoms with Crippen LogP contribution in [0.2, 0.25) is 0 Å². The zero-order chi connectivity index (χ0) is 18.0. The van der Waals surface area contributed by atoms with Crippen molar-refractivity contribution in [3.63, 3.8) is 0 Å². The summed E-state index contributed by atoms with van der Waals surface area (Å²) < 4.78 is 37.0. The molecule has 0 atom stereocenters. The van der Waals surface area contributed by atoms with Gasteiger partial charge in [0.1, 0.15) is 6.33 Å². The first-order valence-electron chi connectivity index (χ1n) is 8.02. The minimum absolute atomic E-state index is 0.0880. The van der Waals surface area contributed by atoms with E-state index in [1.807, 2.05) is 11.8 Å². The van der Waals surface area contributed by atoms with E-state index in [9.17, 15) is 12.8 Å². The molecule has 2 N–H and O–H groups in total. The van der Waals surface area contributed by atoms with Gasteiger partial charge in [-0.2, -0.15) is 0 Å². The van der Waals surface area contributed by atoms with Crippen LogP contribution in [-0.2, 0) is 16.4 Å². The molecule has 1 aliphatic rings. The van der Waals surface area contributed by atoms with E-state index in [0.29, 0.717) is 44.1 Å². The van der Waals surface area contributed by atoms with Crippen LogP contribution in [-0.4, -0.2) is 44.6 Å². The van der Waals surface area contributed by atoms with Crippen molar-refractivity contribution in [2.75, 3.05) is 36.0 Å². The van der Waals surface area contributed by atoms with Gasteiger partial charge in [-0.3, -0.25) is 0 Å². The molecule has 134 valence electrons. The van der Waals surface area contributed by atoms with E-state index in [1.54, 1.807) is 12.1 Å². The molecule has 0 amide bonds. The van der Waals surface area contributed by atoms with Crippen LogP contribution >= 0.6 is 0 Å². The summed E-state index contributed by atoms with van der Waals surface area (Å²) in [5, 5.41) is 5.11. The second-order valence-corrected chi connectivity index (χ2v) is 7.39. The summed E-state index contributed by atoms with van der Waals surface area (Å²) in [5.74, 6) is -0.00738. The molecular weight excluding hydrogens is 345 g/mol. The summed E-state index contributed by atoms with van der Waals surface area (Å²) in [5.41, 5.74) is 1.33. The van der Waals surface area contributed by atoms with Gasteiger partial charge in [0.15, 0.2) is 11.6 Å². The highest BCUT2D eigenvalue weighted by molar-refractivity contribution is 7.89. The highest BCUT2D eigenvalue weighted by Gasteiger charge is 2.22. The number of halogens is 1. The Balaban J connectivity index is 1.70. The molecule has 1 fully saturated rings. The van der Waals surface area contributed by atoms with Gasteiger partial charge in [-0.05, 0) is 30.7 Å². The molecule has 2 aromatic rings. The van der Waals surface area contributed by atoms with Crippen LogP contribution in [0.4, 0.5) is 15.9 Å². The van der Waals surface area contributed by atoms with Crippen molar-refractivity contribution in [3.8, 4) is 0 Å². The average Bonchev–Trinajstić information content (AvgIpc) is 2.61. The first kappa shape index (κ1) is 17.6. The molecule has 3 rings (SSSR count). The SMILES string of the molecule is CCc1ncnc(N2CCN(c3ccc(S(N)(=O)=O)cc3)CC2)c1F. The second kappa shape index (κ2) is 6.93. The Hall–Kier alpha value is -2.26. The van der Waals surface area contributed by atoms with Crippen LogP contribution in [0.3, 0.4) is 0 Å². The molecule has 1 aromatic carbocycles. The minimum Gasteiger partial charge on any atom is -0.368 e. The number of anilines is 2. The predicted molar refractivity (Wildman–Crippen MR) is 93.6 cm³/mol. The number of hydrogen-bond donors (Lipinski definition) is 1. The maximum Gasteiger partial charge on any atom is 0.238 e. The fourth-order valence-electron chi connectivity index (χ4n) is 2.89. The van der Waals surface area contributed by atoms with Crippen molar-refractivity contribution in [2.24, 2.45) is 5.14 Å². The first-order valence-corrected chi connectivity index (χ1v) is 9.57. The lowest BCUT2D eigenvalue weighted by molar-refractivity contribution is 0.569. The molecule has 0 saturated carbocycles. The zero-order valence-electron chi connectivity index (χ0n) is 13.9. The van der Waals surface area contributed by atoms with E-state index in [2.05, 4.69) is 14.9 Å². The largest absolute Gasteiger partial charge is 0.368 e. The lowest BCUT2D eigenvalue weighted by atomic mass is 10.2. The quantitative estimate of drug-likeness (QED) is 0.874. The predicted octanol–water partition coefficient (Wildman–Crippen LogP) is 1.15. The van der Waals surface area contributed by atoms with Gasteiger partial charge in [-0.25, -0.2) is 27.9 Å². The lowest BCUT2D eigenvalue weighted by Gasteiger charge is -2.36. The summed E-state index contributed by atoms with van der Waals surface area (Å²) in [6.07, 6.45) is 1.92. The molecular formula is C16H20FN5O2S. The minimum atomic E-state index is -3.69. The number of benzene rings is 1. The Morgan fingerprint density at radius 1 is 1.08 bits per heavy atom. The number of nitrogens with two attached hydrogens (primary N) is 1. The van der Waals surface area contributed by atoms with E-state index >= 15 is 0 Å². The first-order chi connectivity index (χ1) is 11.9. The van der Waals surface area contributed by atoms with Crippen LogP contribution in [0, 0.1) is 5.82 Å². The number of hydrogen-bond acceptors (Lipinski definition) is 6. The molecule has 1 saturated heterocycles. The zero-order valence-corrected chi connectivity index (χ0v) is 14.7. The van der Waals surface area contributed by atoms with Gasteiger partial charge in [0.2, 0.25) is 10.0 Å². The van der Waals surface area contributed by atoms with E-state index in [1.165, 1.54) is 18.5 Å². The topological polar surface area (TPSA) is 92.4 Å². The van der Waals surface area contributed by atoms with E-state index < -0.39 is 10.0 Å². The molecule has 9 heteroatoms. The van der Waals surface area contributed by atoms with Gasteiger partial charge in [-0.1, -0.05) is 6.92 Å². The van der Waals surface area contributed by atoms with Gasteiger partial charge >= 0.3 is 0 Å². The van der Waals surface area contributed by atoms with Gasteiger partial charge < -0.3 is 9.80 Å². The summed E-state index contributed by atoms with van der Waals surface area (Å²) in [6.45, 7) is 4.46. The molecule has 7 nitrogen and oxygen atoms in total. The van der Waals surface area contributed by atoms with Crippen molar-refractivity contribution in [2.45, 2.75) is 18.2 Å². The summed E-state index contributed by atoms with van der Waals surface area (Å²) in [6, 6.07) is 6.45. The van der Waals surface area contributed by atoms with E-state index in [-0.39, 0.29) is 10.7 Å². The maximum atomic E-state index is 14.4. The van der Waals surface area contributed by atoms with Crippen molar-refractivity contribution in [3.05, 3.63) is 42.1 Å². The molecule has 0 bridgehead atoms. The molecule has 0 spiro atoms. The molecule has 25 heavy (non-hydrogen) atoms. The molecule has 1 aromatic heterocycles. The van der Waals surface area contributed by atoms with Crippen LogP contribution in [0.5, 0.6) is 0 Å². The Kier molecular flexibility index (Phi) is 4.87. The van der Waals surface area contributed by atoms with Crippen molar-refractivity contribution < 1.29 is 12.8 Å². The molecule has 0 aliphatic carbocycles. The van der Waals surface area contributed by atoms with E-state index in [0.717, 1.165) is 5.69 Å². The summed E-state index contributed by atoms with van der Waals surface area (Å²) in [7, 11) is -3.69.